The maximum atomic E-state index is 11.9. The molecular weight excluding hydrogens is 228 g/mol. The number of hydrogen-bond acceptors (Lipinski definition) is 2. The van der Waals surface area contributed by atoms with Crippen molar-refractivity contribution in [3.8, 4) is 0 Å². The van der Waals surface area contributed by atoms with Gasteiger partial charge in [-0.2, -0.15) is 0 Å². The van der Waals surface area contributed by atoms with Crippen LogP contribution in [0.5, 0.6) is 0 Å². The van der Waals surface area contributed by atoms with E-state index >= 15 is 0 Å². The maximum absolute atomic E-state index is 11.9. The lowest BCUT2D eigenvalue weighted by molar-refractivity contribution is -0.137. The highest BCUT2D eigenvalue weighted by molar-refractivity contribution is 5.96. The second kappa shape index (κ2) is 8.11. The molecule has 0 saturated carbocycles. The second-order valence-corrected chi connectivity index (χ2v) is 5.32. The molecule has 1 atom stereocenters. The minimum absolute atomic E-state index is 0.0127. The molecule has 1 rings (SSSR count). The number of carbonyl (C=O) groups excluding carboxylic acids is 2. The van der Waals surface area contributed by atoms with Crippen LogP contribution in [-0.4, -0.2) is 36.3 Å². The molecule has 0 aromatic rings. The first kappa shape index (κ1) is 15.0. The Morgan fingerprint density at radius 2 is 2.11 bits per heavy atom. The minimum Gasteiger partial charge on any atom is -0.356 e. The number of amides is 2. The highest BCUT2D eigenvalue weighted by Gasteiger charge is 2.22. The third-order valence-electron chi connectivity index (χ3n) is 3.42. The first-order chi connectivity index (χ1) is 8.63. The van der Waals surface area contributed by atoms with Gasteiger partial charge < -0.3 is 10.2 Å². The van der Waals surface area contributed by atoms with E-state index in [0.717, 1.165) is 38.8 Å². The Kier molecular flexibility index (Phi) is 6.76. The van der Waals surface area contributed by atoms with Crippen LogP contribution in [0.2, 0.25) is 0 Å². The summed E-state index contributed by atoms with van der Waals surface area (Å²) in [5, 5.41) is 2.81. The predicted molar refractivity (Wildman–Crippen MR) is 72.1 cm³/mol. The van der Waals surface area contributed by atoms with Gasteiger partial charge in [0.15, 0.2) is 0 Å². The van der Waals surface area contributed by atoms with Crippen molar-refractivity contribution in [1.82, 2.24) is 10.2 Å². The first-order valence-corrected chi connectivity index (χ1v) is 7.18. The molecule has 1 aliphatic rings. The molecule has 0 spiro atoms. The van der Waals surface area contributed by atoms with E-state index in [9.17, 15) is 9.59 Å². The van der Waals surface area contributed by atoms with Gasteiger partial charge in [-0.15, -0.1) is 0 Å². The topological polar surface area (TPSA) is 49.4 Å². The fourth-order valence-electron chi connectivity index (χ4n) is 2.33. The standard InChI is InChI=1S/C14H26N2O2/c1-3-4-5-8-15-13(17)10-14(18)16-9-6-7-12(2)11-16/h12H,3-11H2,1-2H3,(H,15,17). The molecule has 1 unspecified atom stereocenters. The van der Waals surface area contributed by atoms with E-state index in [0.29, 0.717) is 12.5 Å². The molecule has 1 aliphatic heterocycles. The molecule has 1 heterocycles. The van der Waals surface area contributed by atoms with Gasteiger partial charge in [-0.3, -0.25) is 9.59 Å². The van der Waals surface area contributed by atoms with Crippen molar-refractivity contribution in [2.24, 2.45) is 5.92 Å². The van der Waals surface area contributed by atoms with Gasteiger partial charge in [-0.25, -0.2) is 0 Å². The number of piperidine rings is 1. The molecule has 1 saturated heterocycles. The first-order valence-electron chi connectivity index (χ1n) is 7.18. The number of rotatable bonds is 6. The molecule has 18 heavy (non-hydrogen) atoms. The van der Waals surface area contributed by atoms with Gasteiger partial charge in [-0.05, 0) is 25.2 Å². The number of nitrogens with zero attached hydrogens (tertiary/aromatic N) is 1. The van der Waals surface area contributed by atoms with Gasteiger partial charge in [0.2, 0.25) is 11.8 Å². The van der Waals surface area contributed by atoms with Gasteiger partial charge in [0.05, 0.1) is 0 Å². The minimum atomic E-state index is -0.130. The summed E-state index contributed by atoms with van der Waals surface area (Å²) in [5.74, 6) is 0.416. The number of likely N-dealkylation sites (tertiary alicyclic amines) is 1. The monoisotopic (exact) mass is 254 g/mol. The normalized spacial score (nSPS) is 19.7. The molecule has 0 aromatic carbocycles. The molecule has 0 aromatic heterocycles. The smallest absolute Gasteiger partial charge is 0.232 e. The van der Waals surface area contributed by atoms with Crippen molar-refractivity contribution in [3.63, 3.8) is 0 Å². The lowest BCUT2D eigenvalue weighted by Gasteiger charge is -2.30. The quantitative estimate of drug-likeness (QED) is 0.582. The van der Waals surface area contributed by atoms with Crippen LogP contribution in [0, 0.1) is 5.92 Å². The van der Waals surface area contributed by atoms with Crippen molar-refractivity contribution in [3.05, 3.63) is 0 Å². The Morgan fingerprint density at radius 1 is 1.33 bits per heavy atom. The molecule has 104 valence electrons. The zero-order valence-corrected chi connectivity index (χ0v) is 11.7. The fraction of sp³-hybridized carbons (Fsp3) is 0.857. The van der Waals surface area contributed by atoms with Crippen molar-refractivity contribution in [2.75, 3.05) is 19.6 Å². The van der Waals surface area contributed by atoms with Crippen LogP contribution >= 0.6 is 0 Å². The Hall–Kier alpha value is -1.06. The Bertz CT molecular complexity index is 279. The van der Waals surface area contributed by atoms with E-state index in [4.69, 9.17) is 0 Å². The molecule has 1 N–H and O–H groups in total. The second-order valence-electron chi connectivity index (χ2n) is 5.32. The number of nitrogens with one attached hydrogen (secondary N) is 1. The largest absolute Gasteiger partial charge is 0.356 e. The third-order valence-corrected chi connectivity index (χ3v) is 3.42. The van der Waals surface area contributed by atoms with E-state index in [1.54, 1.807) is 0 Å². The summed E-state index contributed by atoms with van der Waals surface area (Å²) >= 11 is 0. The average Bonchev–Trinajstić information content (AvgIpc) is 2.34. The zero-order valence-electron chi connectivity index (χ0n) is 11.7. The number of carbonyl (C=O) groups is 2. The Morgan fingerprint density at radius 3 is 2.78 bits per heavy atom. The number of unbranched alkanes of at least 4 members (excludes halogenated alkanes) is 2. The Labute approximate surface area is 110 Å². The van der Waals surface area contributed by atoms with Crippen molar-refractivity contribution >= 4 is 11.8 Å². The van der Waals surface area contributed by atoms with Crippen molar-refractivity contribution < 1.29 is 9.59 Å². The summed E-state index contributed by atoms with van der Waals surface area (Å²) < 4.78 is 0. The summed E-state index contributed by atoms with van der Waals surface area (Å²) in [6, 6.07) is 0. The highest BCUT2D eigenvalue weighted by Crippen LogP contribution is 2.15. The molecule has 4 heteroatoms. The lowest BCUT2D eigenvalue weighted by atomic mass is 10.00. The van der Waals surface area contributed by atoms with Crippen LogP contribution in [0.15, 0.2) is 0 Å². The van der Waals surface area contributed by atoms with Crippen LogP contribution in [0.3, 0.4) is 0 Å². The third kappa shape index (κ3) is 5.52. The zero-order chi connectivity index (χ0) is 13.4. The average molecular weight is 254 g/mol. The molecular formula is C14H26N2O2. The molecule has 0 aliphatic carbocycles. The maximum Gasteiger partial charge on any atom is 0.232 e. The SMILES string of the molecule is CCCCCNC(=O)CC(=O)N1CCCC(C)C1. The summed E-state index contributed by atoms with van der Waals surface area (Å²) in [7, 11) is 0. The molecule has 4 nitrogen and oxygen atoms in total. The molecule has 0 radical (unpaired) electrons. The predicted octanol–water partition coefficient (Wildman–Crippen LogP) is 1.94. The van der Waals surface area contributed by atoms with E-state index in [1.165, 1.54) is 6.42 Å². The van der Waals surface area contributed by atoms with Crippen LogP contribution in [0.4, 0.5) is 0 Å². The van der Waals surface area contributed by atoms with Crippen LogP contribution in [-0.2, 0) is 9.59 Å². The van der Waals surface area contributed by atoms with E-state index in [-0.39, 0.29) is 18.2 Å². The number of hydrogen-bond donors (Lipinski definition) is 1. The highest BCUT2D eigenvalue weighted by atomic mass is 16.2. The van der Waals surface area contributed by atoms with Gasteiger partial charge in [-0.1, -0.05) is 26.7 Å². The summed E-state index contributed by atoms with van der Waals surface area (Å²) in [6.07, 6.45) is 5.52. The van der Waals surface area contributed by atoms with Gasteiger partial charge in [0.25, 0.3) is 0 Å². The van der Waals surface area contributed by atoms with Gasteiger partial charge >= 0.3 is 0 Å². The summed E-state index contributed by atoms with van der Waals surface area (Å²) in [5.41, 5.74) is 0. The Balaban J connectivity index is 2.20. The van der Waals surface area contributed by atoms with Gasteiger partial charge in [0, 0.05) is 19.6 Å². The van der Waals surface area contributed by atoms with Crippen LogP contribution in [0.25, 0.3) is 0 Å². The fourth-order valence-corrected chi connectivity index (χ4v) is 2.33. The molecule has 1 fully saturated rings. The van der Waals surface area contributed by atoms with Crippen molar-refractivity contribution in [1.29, 1.82) is 0 Å². The summed E-state index contributed by atoms with van der Waals surface area (Å²) in [4.78, 5) is 25.3. The van der Waals surface area contributed by atoms with Gasteiger partial charge in [0.1, 0.15) is 6.42 Å². The lowest BCUT2D eigenvalue weighted by Crippen LogP contribution is -2.41. The van der Waals surface area contributed by atoms with E-state index in [1.807, 2.05) is 4.90 Å². The van der Waals surface area contributed by atoms with Crippen LogP contribution < -0.4 is 5.32 Å². The van der Waals surface area contributed by atoms with Crippen LogP contribution in [0.1, 0.15) is 52.4 Å². The van der Waals surface area contributed by atoms with E-state index < -0.39 is 0 Å². The van der Waals surface area contributed by atoms with Crippen molar-refractivity contribution in [2.45, 2.75) is 52.4 Å². The van der Waals surface area contributed by atoms with E-state index in [2.05, 4.69) is 19.2 Å². The molecule has 0 bridgehead atoms. The summed E-state index contributed by atoms with van der Waals surface area (Å²) in [6.45, 7) is 6.59. The molecule has 2 amide bonds.